The monoisotopic (exact) mass is 281 g/mol. The molecule has 0 spiro atoms. The minimum atomic E-state index is -0.0689. The minimum Gasteiger partial charge on any atom is -0.484 e. The molecule has 1 aliphatic rings. The van der Waals surface area contributed by atoms with Gasteiger partial charge in [0.05, 0.1) is 0 Å². The summed E-state index contributed by atoms with van der Waals surface area (Å²) in [5.74, 6) is 1.16. The third kappa shape index (κ3) is 5.11. The van der Waals surface area contributed by atoms with E-state index in [0.717, 1.165) is 31.4 Å². The number of hydrogen-bond donors (Lipinski definition) is 1. The summed E-state index contributed by atoms with van der Waals surface area (Å²) in [5, 5.41) is 3.19. The molecule has 0 radical (unpaired) electrons. The second-order valence-corrected chi connectivity index (χ2v) is 5.65. The summed E-state index contributed by atoms with van der Waals surface area (Å²) in [6.45, 7) is 0.779. The van der Waals surface area contributed by atoms with E-state index in [1.807, 2.05) is 30.3 Å². The second-order valence-electron chi connectivity index (χ2n) is 5.04. The molecule has 1 aromatic rings. The smallest absolute Gasteiger partial charge is 0.257 e. The van der Waals surface area contributed by atoms with Crippen molar-refractivity contribution >= 4 is 17.5 Å². The number of nitrogens with one attached hydrogen (secondary N) is 1. The number of alkyl halides is 1. The van der Waals surface area contributed by atoms with E-state index in [4.69, 9.17) is 16.3 Å². The zero-order valence-electron chi connectivity index (χ0n) is 11.0. The molecule has 19 heavy (non-hydrogen) atoms. The van der Waals surface area contributed by atoms with Gasteiger partial charge in [0.25, 0.3) is 5.91 Å². The maximum Gasteiger partial charge on any atom is 0.257 e. The van der Waals surface area contributed by atoms with Crippen molar-refractivity contribution in [3.8, 4) is 5.75 Å². The van der Waals surface area contributed by atoms with Gasteiger partial charge in [-0.15, -0.1) is 11.6 Å². The van der Waals surface area contributed by atoms with Crippen LogP contribution in [0.5, 0.6) is 5.75 Å². The number of ether oxygens (including phenoxy) is 1. The molecule has 1 N–H and O–H groups in total. The van der Waals surface area contributed by atoms with E-state index < -0.39 is 0 Å². The molecular formula is C15H20ClNO2. The molecule has 2 unspecified atom stereocenters. The molecule has 0 aromatic heterocycles. The Morgan fingerprint density at radius 2 is 2.11 bits per heavy atom. The molecule has 2 rings (SSSR count). The molecule has 1 aromatic carbocycles. The summed E-state index contributed by atoms with van der Waals surface area (Å²) in [6.07, 6.45) is 4.42. The fourth-order valence-corrected chi connectivity index (χ4v) is 2.79. The van der Waals surface area contributed by atoms with Crippen LogP contribution in [0.1, 0.15) is 25.7 Å². The molecule has 1 fully saturated rings. The third-order valence-electron chi connectivity index (χ3n) is 3.42. The molecule has 0 saturated heterocycles. The molecule has 0 bridgehead atoms. The van der Waals surface area contributed by atoms with Crippen LogP contribution in [0.15, 0.2) is 30.3 Å². The van der Waals surface area contributed by atoms with Crippen LogP contribution in [-0.4, -0.2) is 24.4 Å². The van der Waals surface area contributed by atoms with Crippen LogP contribution in [0.25, 0.3) is 0 Å². The number of hydrogen-bond acceptors (Lipinski definition) is 2. The molecule has 0 heterocycles. The molecule has 3 nitrogen and oxygen atoms in total. The van der Waals surface area contributed by atoms with E-state index in [-0.39, 0.29) is 17.9 Å². The molecule has 4 heteroatoms. The molecule has 2 atom stereocenters. The SMILES string of the molecule is O=C(COc1ccccc1)NCC1CCCC(Cl)C1. The van der Waals surface area contributed by atoms with E-state index >= 15 is 0 Å². The van der Waals surface area contributed by atoms with Crippen LogP contribution < -0.4 is 10.1 Å². The largest absolute Gasteiger partial charge is 0.484 e. The van der Waals surface area contributed by atoms with Crippen molar-refractivity contribution in [2.75, 3.05) is 13.2 Å². The summed E-state index contributed by atoms with van der Waals surface area (Å²) in [7, 11) is 0. The Hall–Kier alpha value is -1.22. The van der Waals surface area contributed by atoms with E-state index in [1.165, 1.54) is 0 Å². The lowest BCUT2D eigenvalue weighted by Crippen LogP contribution is -2.34. The van der Waals surface area contributed by atoms with Gasteiger partial charge in [0.2, 0.25) is 0 Å². The van der Waals surface area contributed by atoms with Gasteiger partial charge in [0.15, 0.2) is 6.61 Å². The van der Waals surface area contributed by atoms with Crippen LogP contribution in [0, 0.1) is 5.92 Å². The Morgan fingerprint density at radius 3 is 2.84 bits per heavy atom. The Kier molecular flexibility index (Phi) is 5.52. The van der Waals surface area contributed by atoms with Crippen molar-refractivity contribution in [3.05, 3.63) is 30.3 Å². The van der Waals surface area contributed by atoms with Gasteiger partial charge in [-0.1, -0.05) is 24.6 Å². The Balaban J connectivity index is 1.64. The number of carbonyl (C=O) groups excluding carboxylic acids is 1. The van der Waals surface area contributed by atoms with Crippen molar-refractivity contribution in [2.24, 2.45) is 5.92 Å². The molecule has 1 amide bonds. The van der Waals surface area contributed by atoms with E-state index in [0.29, 0.717) is 12.5 Å². The quantitative estimate of drug-likeness (QED) is 0.843. The predicted molar refractivity (Wildman–Crippen MR) is 76.5 cm³/mol. The average Bonchev–Trinajstić information content (AvgIpc) is 2.44. The van der Waals surface area contributed by atoms with Crippen LogP contribution in [0.2, 0.25) is 0 Å². The van der Waals surface area contributed by atoms with Crippen molar-refractivity contribution in [3.63, 3.8) is 0 Å². The normalized spacial score (nSPS) is 22.8. The molecule has 1 aliphatic carbocycles. The summed E-state index contributed by atoms with van der Waals surface area (Å²) < 4.78 is 5.39. The molecular weight excluding hydrogens is 262 g/mol. The highest BCUT2D eigenvalue weighted by Crippen LogP contribution is 2.27. The zero-order valence-corrected chi connectivity index (χ0v) is 11.7. The molecule has 1 saturated carbocycles. The van der Waals surface area contributed by atoms with Gasteiger partial charge in [-0.05, 0) is 37.3 Å². The summed E-state index contributed by atoms with van der Waals surface area (Å²) in [5.41, 5.74) is 0. The minimum absolute atomic E-state index is 0.0689. The highest BCUT2D eigenvalue weighted by atomic mass is 35.5. The second kappa shape index (κ2) is 7.39. The number of benzene rings is 1. The molecule has 0 aliphatic heterocycles. The van der Waals surface area contributed by atoms with E-state index in [9.17, 15) is 4.79 Å². The Bertz CT molecular complexity index is 396. The number of para-hydroxylation sites is 1. The van der Waals surface area contributed by atoms with Gasteiger partial charge in [-0.3, -0.25) is 4.79 Å². The zero-order chi connectivity index (χ0) is 13.5. The lowest BCUT2D eigenvalue weighted by molar-refractivity contribution is -0.123. The summed E-state index contributed by atoms with van der Waals surface area (Å²) >= 11 is 6.13. The Labute approximate surface area is 119 Å². The Morgan fingerprint density at radius 1 is 1.32 bits per heavy atom. The van der Waals surface area contributed by atoms with E-state index in [1.54, 1.807) is 0 Å². The van der Waals surface area contributed by atoms with Crippen LogP contribution >= 0.6 is 11.6 Å². The van der Waals surface area contributed by atoms with Crippen LogP contribution in [0.3, 0.4) is 0 Å². The van der Waals surface area contributed by atoms with Crippen LogP contribution in [0.4, 0.5) is 0 Å². The predicted octanol–water partition coefficient (Wildman–Crippen LogP) is 2.98. The standard InChI is InChI=1S/C15H20ClNO2/c16-13-6-4-5-12(9-13)10-17-15(18)11-19-14-7-2-1-3-8-14/h1-3,7-8,12-13H,4-6,9-11H2,(H,17,18). The first kappa shape index (κ1) is 14.2. The van der Waals surface area contributed by atoms with Gasteiger partial charge >= 0.3 is 0 Å². The lowest BCUT2D eigenvalue weighted by atomic mass is 9.89. The van der Waals surface area contributed by atoms with Gasteiger partial charge in [-0.2, -0.15) is 0 Å². The molecule has 104 valence electrons. The topological polar surface area (TPSA) is 38.3 Å². The van der Waals surface area contributed by atoms with Crippen LogP contribution in [-0.2, 0) is 4.79 Å². The van der Waals surface area contributed by atoms with E-state index in [2.05, 4.69) is 5.32 Å². The van der Waals surface area contributed by atoms with Crippen molar-refractivity contribution in [2.45, 2.75) is 31.1 Å². The van der Waals surface area contributed by atoms with Gasteiger partial charge in [0, 0.05) is 11.9 Å². The summed E-state index contributed by atoms with van der Waals surface area (Å²) in [6, 6.07) is 9.36. The van der Waals surface area contributed by atoms with Crippen molar-refractivity contribution in [1.82, 2.24) is 5.32 Å². The highest BCUT2D eigenvalue weighted by molar-refractivity contribution is 6.20. The van der Waals surface area contributed by atoms with Gasteiger partial charge in [-0.25, -0.2) is 0 Å². The average molecular weight is 282 g/mol. The summed E-state index contributed by atoms with van der Waals surface area (Å²) in [4.78, 5) is 11.7. The van der Waals surface area contributed by atoms with Gasteiger partial charge < -0.3 is 10.1 Å². The number of halogens is 1. The maximum absolute atomic E-state index is 11.7. The first-order valence-electron chi connectivity index (χ1n) is 6.82. The number of rotatable bonds is 5. The third-order valence-corrected chi connectivity index (χ3v) is 3.82. The first-order valence-corrected chi connectivity index (χ1v) is 7.26. The fourth-order valence-electron chi connectivity index (χ4n) is 2.39. The van der Waals surface area contributed by atoms with Gasteiger partial charge in [0.1, 0.15) is 5.75 Å². The number of amides is 1. The maximum atomic E-state index is 11.7. The first-order chi connectivity index (χ1) is 9.24. The lowest BCUT2D eigenvalue weighted by Gasteiger charge is -2.25. The highest BCUT2D eigenvalue weighted by Gasteiger charge is 2.20. The van der Waals surface area contributed by atoms with Crippen molar-refractivity contribution < 1.29 is 9.53 Å². The fraction of sp³-hybridized carbons (Fsp3) is 0.533. The van der Waals surface area contributed by atoms with Crippen molar-refractivity contribution in [1.29, 1.82) is 0 Å². The number of carbonyl (C=O) groups is 1.